The van der Waals surface area contributed by atoms with E-state index in [1.54, 1.807) is 30.6 Å². The molecule has 1 fully saturated rings. The molecule has 206 valence electrons. The molecule has 0 spiro atoms. The monoisotopic (exact) mass is 545 g/mol. The lowest BCUT2D eigenvalue weighted by Crippen LogP contribution is -2.47. The molecule has 4 aromatic rings. The van der Waals surface area contributed by atoms with E-state index in [0.29, 0.717) is 42.4 Å². The van der Waals surface area contributed by atoms with Gasteiger partial charge in [0.2, 0.25) is 0 Å². The van der Waals surface area contributed by atoms with Crippen LogP contribution in [0.15, 0.2) is 90.0 Å². The highest BCUT2D eigenvalue weighted by molar-refractivity contribution is 6.07. The Hall–Kier alpha value is -4.72. The van der Waals surface area contributed by atoms with Crippen LogP contribution in [0.5, 0.6) is 0 Å². The predicted octanol–water partition coefficient (Wildman–Crippen LogP) is 4.32. The molecule has 2 aromatic heterocycles. The Morgan fingerprint density at radius 1 is 0.854 bits per heavy atom. The Labute approximate surface area is 238 Å². The number of fused-ring (bicyclic) bond motifs is 5. The second-order valence-electron chi connectivity index (χ2n) is 11.3. The second-order valence-corrected chi connectivity index (χ2v) is 11.3. The molecule has 0 saturated carbocycles. The molecule has 7 rings (SSSR count). The molecule has 2 amide bonds. The predicted molar refractivity (Wildman–Crippen MR) is 157 cm³/mol. The molecule has 5 heterocycles. The number of carbonyl (C=O) groups is 2. The van der Waals surface area contributed by atoms with E-state index < -0.39 is 0 Å². The van der Waals surface area contributed by atoms with Crippen molar-refractivity contribution in [2.24, 2.45) is 5.92 Å². The summed E-state index contributed by atoms with van der Waals surface area (Å²) in [6, 6.07) is 22.8. The van der Waals surface area contributed by atoms with Crippen LogP contribution < -0.4 is 15.8 Å². The third-order valence-electron chi connectivity index (χ3n) is 8.67. The standard InChI is InChI=1S/C33H31N5O3/c39-31-7-3-6-29-27-16-22(19-38(29)31)18-37(21-27)30-9-8-25(17-28(30)35-32(40)24-10-13-34-14-11-24)33(41)36-15-12-23-4-1-2-5-26(23)20-36/h1-11,13-14,17,22,27H,12,15-16,18-21H2,(H,35,40). The molecule has 1 N–H and O–H groups in total. The molecule has 2 atom stereocenters. The van der Waals surface area contributed by atoms with Gasteiger partial charge in [0.15, 0.2) is 0 Å². The minimum atomic E-state index is -0.251. The highest BCUT2D eigenvalue weighted by atomic mass is 16.2. The fraction of sp³-hybridized carbons (Fsp3) is 0.273. The van der Waals surface area contributed by atoms with Gasteiger partial charge < -0.3 is 19.7 Å². The van der Waals surface area contributed by atoms with Gasteiger partial charge in [-0.15, -0.1) is 0 Å². The number of hydrogen-bond donors (Lipinski definition) is 1. The number of nitrogens with zero attached hydrogens (tertiary/aromatic N) is 4. The first-order valence-electron chi connectivity index (χ1n) is 14.2. The quantitative estimate of drug-likeness (QED) is 0.413. The van der Waals surface area contributed by atoms with Crippen molar-refractivity contribution in [3.63, 3.8) is 0 Å². The minimum absolute atomic E-state index is 0.0470. The number of amides is 2. The molecular formula is C33H31N5O3. The van der Waals surface area contributed by atoms with Crippen LogP contribution in [0.25, 0.3) is 0 Å². The number of piperidine rings is 1. The van der Waals surface area contributed by atoms with Gasteiger partial charge in [-0.3, -0.25) is 19.4 Å². The van der Waals surface area contributed by atoms with Crippen molar-refractivity contribution in [3.05, 3.63) is 123 Å². The highest BCUT2D eigenvalue weighted by Crippen LogP contribution is 2.39. The zero-order valence-corrected chi connectivity index (χ0v) is 22.7. The Bertz CT molecular complexity index is 1700. The fourth-order valence-electron chi connectivity index (χ4n) is 6.69. The lowest BCUT2D eigenvalue weighted by atomic mass is 9.83. The van der Waals surface area contributed by atoms with Crippen LogP contribution in [0.1, 0.15) is 49.9 Å². The van der Waals surface area contributed by atoms with Gasteiger partial charge in [-0.1, -0.05) is 30.3 Å². The van der Waals surface area contributed by atoms with Crippen molar-refractivity contribution in [1.82, 2.24) is 14.5 Å². The molecule has 2 unspecified atom stereocenters. The van der Waals surface area contributed by atoms with Crippen LogP contribution in [-0.4, -0.2) is 45.9 Å². The topological polar surface area (TPSA) is 87.5 Å². The first-order valence-corrected chi connectivity index (χ1v) is 14.2. The van der Waals surface area contributed by atoms with Gasteiger partial charge >= 0.3 is 0 Å². The van der Waals surface area contributed by atoms with Crippen molar-refractivity contribution in [2.75, 3.05) is 29.9 Å². The average molecular weight is 546 g/mol. The molecule has 1 saturated heterocycles. The summed E-state index contributed by atoms with van der Waals surface area (Å²) in [5.41, 5.74) is 6.13. The van der Waals surface area contributed by atoms with E-state index in [-0.39, 0.29) is 23.3 Å². The third-order valence-corrected chi connectivity index (χ3v) is 8.67. The van der Waals surface area contributed by atoms with Gasteiger partial charge in [0.25, 0.3) is 17.4 Å². The van der Waals surface area contributed by atoms with Crippen LogP contribution in [-0.2, 0) is 19.5 Å². The summed E-state index contributed by atoms with van der Waals surface area (Å²) in [4.78, 5) is 47.7. The van der Waals surface area contributed by atoms with E-state index in [1.807, 2.05) is 45.9 Å². The van der Waals surface area contributed by atoms with Crippen molar-refractivity contribution in [3.8, 4) is 0 Å². The Kier molecular flexibility index (Phi) is 6.38. The summed E-state index contributed by atoms with van der Waals surface area (Å²) in [7, 11) is 0. The van der Waals surface area contributed by atoms with Gasteiger partial charge in [-0.2, -0.15) is 0 Å². The molecule has 0 radical (unpaired) electrons. The summed E-state index contributed by atoms with van der Waals surface area (Å²) >= 11 is 0. The fourth-order valence-corrected chi connectivity index (χ4v) is 6.69. The molecular weight excluding hydrogens is 514 g/mol. The first kappa shape index (κ1) is 25.3. The number of hydrogen-bond acceptors (Lipinski definition) is 5. The highest BCUT2D eigenvalue weighted by Gasteiger charge is 2.35. The number of pyridine rings is 2. The molecule has 3 aliphatic rings. The van der Waals surface area contributed by atoms with Gasteiger partial charge in [0.05, 0.1) is 11.4 Å². The number of rotatable bonds is 4. The van der Waals surface area contributed by atoms with Crippen molar-refractivity contribution in [1.29, 1.82) is 0 Å². The van der Waals surface area contributed by atoms with Crippen LogP contribution in [0, 0.1) is 5.92 Å². The Morgan fingerprint density at radius 3 is 2.54 bits per heavy atom. The molecule has 0 aliphatic carbocycles. The maximum atomic E-state index is 13.7. The lowest BCUT2D eigenvalue weighted by molar-refractivity contribution is 0.0734. The van der Waals surface area contributed by atoms with Crippen LogP contribution in [0.4, 0.5) is 11.4 Å². The van der Waals surface area contributed by atoms with Gasteiger partial charge in [0, 0.05) is 73.9 Å². The zero-order valence-electron chi connectivity index (χ0n) is 22.7. The lowest BCUT2D eigenvalue weighted by Gasteiger charge is -2.44. The number of carbonyl (C=O) groups excluding carboxylic acids is 2. The molecule has 8 nitrogen and oxygen atoms in total. The van der Waals surface area contributed by atoms with E-state index in [2.05, 4.69) is 33.4 Å². The van der Waals surface area contributed by atoms with Crippen molar-refractivity contribution >= 4 is 23.2 Å². The van der Waals surface area contributed by atoms with Crippen LogP contribution in [0.2, 0.25) is 0 Å². The Balaban J connectivity index is 1.21. The normalized spacial score (nSPS) is 19.2. The van der Waals surface area contributed by atoms with Gasteiger partial charge in [-0.25, -0.2) is 0 Å². The summed E-state index contributed by atoms with van der Waals surface area (Å²) in [5, 5.41) is 3.10. The zero-order chi connectivity index (χ0) is 27.9. The van der Waals surface area contributed by atoms with Crippen molar-refractivity contribution in [2.45, 2.75) is 31.8 Å². The van der Waals surface area contributed by atoms with E-state index in [4.69, 9.17) is 0 Å². The maximum absolute atomic E-state index is 13.7. The minimum Gasteiger partial charge on any atom is -0.369 e. The van der Waals surface area contributed by atoms with Crippen LogP contribution >= 0.6 is 0 Å². The number of benzene rings is 2. The number of nitrogens with one attached hydrogen (secondary N) is 1. The SMILES string of the molecule is O=C(Nc1cc(C(=O)N2CCc3ccccc3C2)ccc1N1CC2CC(C1)c1cccc(=O)n1C2)c1ccncc1. The molecule has 2 aromatic carbocycles. The Morgan fingerprint density at radius 2 is 1.68 bits per heavy atom. The largest absolute Gasteiger partial charge is 0.369 e. The number of aromatic nitrogens is 2. The summed E-state index contributed by atoms with van der Waals surface area (Å²) in [5.74, 6) is 0.239. The second kappa shape index (κ2) is 10.4. The third kappa shape index (κ3) is 4.79. The smallest absolute Gasteiger partial charge is 0.255 e. The molecule has 8 heteroatoms. The van der Waals surface area contributed by atoms with Crippen LogP contribution in [0.3, 0.4) is 0 Å². The van der Waals surface area contributed by atoms with E-state index in [9.17, 15) is 14.4 Å². The van der Waals surface area contributed by atoms with E-state index >= 15 is 0 Å². The summed E-state index contributed by atoms with van der Waals surface area (Å²) < 4.78 is 1.92. The molecule has 3 aliphatic heterocycles. The molecule has 41 heavy (non-hydrogen) atoms. The average Bonchev–Trinajstić information content (AvgIpc) is 3.01. The summed E-state index contributed by atoms with van der Waals surface area (Å²) in [6.07, 6.45) is 5.04. The first-order chi connectivity index (χ1) is 20.0. The van der Waals surface area contributed by atoms with E-state index in [0.717, 1.165) is 37.3 Å². The summed E-state index contributed by atoms with van der Waals surface area (Å²) in [6.45, 7) is 3.42. The van der Waals surface area contributed by atoms with Gasteiger partial charge in [-0.05, 0) is 66.3 Å². The van der Waals surface area contributed by atoms with Crippen molar-refractivity contribution < 1.29 is 9.59 Å². The molecule has 2 bridgehead atoms. The number of anilines is 2. The van der Waals surface area contributed by atoms with E-state index in [1.165, 1.54) is 11.1 Å². The maximum Gasteiger partial charge on any atom is 0.255 e. The van der Waals surface area contributed by atoms with Gasteiger partial charge in [0.1, 0.15) is 0 Å².